The molecule has 396 valence electrons. The van der Waals surface area contributed by atoms with Crippen LogP contribution in [0.1, 0.15) is 278 Å². The van der Waals surface area contributed by atoms with Crippen molar-refractivity contribution < 1.29 is 28.6 Å². The van der Waals surface area contributed by atoms with E-state index in [1.165, 1.54) is 122 Å². The molecule has 0 aliphatic carbocycles. The Balaban J connectivity index is 4.44. The molecule has 6 nitrogen and oxygen atoms in total. The number of unbranched alkanes of at least 4 members (excludes halogenated alkanes) is 27. The van der Waals surface area contributed by atoms with Crippen LogP contribution in [0.15, 0.2) is 85.1 Å². The molecule has 6 heteroatoms. The summed E-state index contributed by atoms with van der Waals surface area (Å²) in [7, 11) is 0. The van der Waals surface area contributed by atoms with Gasteiger partial charge in [0.15, 0.2) is 6.10 Å². The van der Waals surface area contributed by atoms with E-state index < -0.39 is 6.10 Å². The molecule has 0 aromatic rings. The third kappa shape index (κ3) is 55.4. The van der Waals surface area contributed by atoms with Crippen molar-refractivity contribution in [2.75, 3.05) is 13.2 Å². The van der Waals surface area contributed by atoms with Gasteiger partial charge in [-0.1, -0.05) is 247 Å². The summed E-state index contributed by atoms with van der Waals surface area (Å²) in [5.74, 6) is -0.918. The fourth-order valence-electron chi connectivity index (χ4n) is 8.03. The average molecular weight is 962 g/mol. The topological polar surface area (TPSA) is 78.9 Å². The molecule has 0 spiro atoms. The number of hydrogen-bond donors (Lipinski definition) is 0. The average Bonchev–Trinajstić information content (AvgIpc) is 3.35. The van der Waals surface area contributed by atoms with E-state index in [4.69, 9.17) is 14.2 Å². The Morgan fingerprint density at radius 2 is 0.565 bits per heavy atom. The van der Waals surface area contributed by atoms with Gasteiger partial charge in [-0.2, -0.15) is 0 Å². The van der Waals surface area contributed by atoms with Crippen molar-refractivity contribution in [3.8, 4) is 0 Å². The third-order valence-corrected chi connectivity index (χ3v) is 12.4. The molecular weight excluding hydrogens is 853 g/mol. The molecule has 0 N–H and O–H groups in total. The van der Waals surface area contributed by atoms with E-state index in [1.54, 1.807) is 0 Å². The van der Waals surface area contributed by atoms with Crippen molar-refractivity contribution in [3.05, 3.63) is 85.1 Å². The maximum atomic E-state index is 12.9. The van der Waals surface area contributed by atoms with Crippen LogP contribution in [0.25, 0.3) is 0 Å². The lowest BCUT2D eigenvalue weighted by Crippen LogP contribution is -2.30. The highest BCUT2D eigenvalue weighted by atomic mass is 16.6. The Morgan fingerprint density at radius 3 is 0.913 bits per heavy atom. The Kier molecular flexibility index (Phi) is 54.3. The van der Waals surface area contributed by atoms with Crippen molar-refractivity contribution in [2.45, 2.75) is 284 Å². The maximum Gasteiger partial charge on any atom is 0.306 e. The number of esters is 3. The SMILES string of the molecule is CC/C=C\C/C=C\C/C=C\C/C=C\CCCCCCC(=O)OC(COC(=O)CCCCCCCC/C=C\C/C=C\C/C=C\CCCCC)COC(=O)CCCCCCCCCCCCCCCCC. The maximum absolute atomic E-state index is 12.9. The lowest BCUT2D eigenvalue weighted by atomic mass is 10.0. The highest BCUT2D eigenvalue weighted by molar-refractivity contribution is 5.71. The van der Waals surface area contributed by atoms with Gasteiger partial charge >= 0.3 is 17.9 Å². The number of carbonyl (C=O) groups is 3. The summed E-state index contributed by atoms with van der Waals surface area (Å²) >= 11 is 0. The van der Waals surface area contributed by atoms with E-state index >= 15 is 0 Å². The highest BCUT2D eigenvalue weighted by Gasteiger charge is 2.19. The van der Waals surface area contributed by atoms with Gasteiger partial charge in [-0.25, -0.2) is 0 Å². The van der Waals surface area contributed by atoms with E-state index in [0.29, 0.717) is 19.3 Å². The fraction of sp³-hybridized carbons (Fsp3) is 0.730. The second kappa shape index (κ2) is 57.2. The van der Waals surface area contributed by atoms with Gasteiger partial charge < -0.3 is 14.2 Å². The van der Waals surface area contributed by atoms with Gasteiger partial charge in [0.05, 0.1) is 0 Å². The van der Waals surface area contributed by atoms with Gasteiger partial charge in [0.1, 0.15) is 13.2 Å². The zero-order chi connectivity index (χ0) is 50.0. The Labute approximate surface area is 426 Å². The summed E-state index contributed by atoms with van der Waals surface area (Å²) < 4.78 is 16.9. The standard InChI is InChI=1S/C63H108O6/c1-4-7-10-13-16-19-22-25-28-30-31-33-35-38-41-44-47-50-53-56-62(65)68-59-60(58-67-61(64)55-52-49-46-43-40-37-34-27-24-21-18-15-12-9-6-3)69-63(66)57-54-51-48-45-42-39-36-32-29-26-23-20-17-14-11-8-5-2/h8,11,16-17,19-20,25-26,28-29,31,33,36,39,60H,4-7,9-10,12-15,18,21-24,27,30,32,34-35,37-38,40-59H2,1-3H3/b11-8-,19-16-,20-17-,28-25-,29-26-,33-31-,39-36-. The molecule has 0 bridgehead atoms. The predicted octanol–water partition coefficient (Wildman–Crippen LogP) is 19.5. The molecule has 0 amide bonds. The molecule has 69 heavy (non-hydrogen) atoms. The Bertz CT molecular complexity index is 1330. The molecule has 1 unspecified atom stereocenters. The molecular formula is C63H108O6. The third-order valence-electron chi connectivity index (χ3n) is 12.4. The van der Waals surface area contributed by atoms with Crippen LogP contribution in [0.5, 0.6) is 0 Å². The van der Waals surface area contributed by atoms with Gasteiger partial charge in [-0.05, 0) is 96.3 Å². The van der Waals surface area contributed by atoms with Crippen LogP contribution >= 0.6 is 0 Å². The monoisotopic (exact) mass is 961 g/mol. The summed E-state index contributed by atoms with van der Waals surface area (Å²) in [4.78, 5) is 38.2. The highest BCUT2D eigenvalue weighted by Crippen LogP contribution is 2.15. The first-order chi connectivity index (χ1) is 34.0. The summed E-state index contributed by atoms with van der Waals surface area (Å²) in [5, 5.41) is 0. The Morgan fingerprint density at radius 1 is 0.304 bits per heavy atom. The summed E-state index contributed by atoms with van der Waals surface area (Å²) in [6.07, 6.45) is 74.2. The van der Waals surface area contributed by atoms with Crippen LogP contribution in [0.3, 0.4) is 0 Å². The van der Waals surface area contributed by atoms with Gasteiger partial charge in [0.2, 0.25) is 0 Å². The van der Waals surface area contributed by atoms with Gasteiger partial charge in [-0.15, -0.1) is 0 Å². The number of allylic oxidation sites excluding steroid dienone is 14. The smallest absolute Gasteiger partial charge is 0.306 e. The summed E-state index contributed by atoms with van der Waals surface area (Å²) in [6.45, 7) is 6.49. The van der Waals surface area contributed by atoms with Crippen LogP contribution in [-0.4, -0.2) is 37.2 Å². The zero-order valence-corrected chi connectivity index (χ0v) is 45.3. The minimum atomic E-state index is -0.794. The number of carbonyl (C=O) groups excluding carboxylic acids is 3. The lowest BCUT2D eigenvalue weighted by molar-refractivity contribution is -0.167. The quantitative estimate of drug-likeness (QED) is 0.0262. The van der Waals surface area contributed by atoms with E-state index in [1.807, 2.05) is 0 Å². The van der Waals surface area contributed by atoms with Gasteiger partial charge in [-0.3, -0.25) is 14.4 Å². The van der Waals surface area contributed by atoms with Gasteiger partial charge in [0, 0.05) is 19.3 Å². The Hall–Kier alpha value is -3.41. The first kappa shape index (κ1) is 65.6. The number of ether oxygens (including phenoxy) is 3. The molecule has 1 atom stereocenters. The second-order valence-corrected chi connectivity index (χ2v) is 19.2. The van der Waals surface area contributed by atoms with Gasteiger partial charge in [0.25, 0.3) is 0 Å². The molecule has 0 saturated heterocycles. The van der Waals surface area contributed by atoms with Crippen molar-refractivity contribution in [1.29, 1.82) is 0 Å². The zero-order valence-electron chi connectivity index (χ0n) is 45.3. The van der Waals surface area contributed by atoms with E-state index in [9.17, 15) is 14.4 Å². The summed E-state index contributed by atoms with van der Waals surface area (Å²) in [6, 6.07) is 0. The summed E-state index contributed by atoms with van der Waals surface area (Å²) in [5.41, 5.74) is 0. The first-order valence-corrected chi connectivity index (χ1v) is 29.1. The van der Waals surface area contributed by atoms with Crippen molar-refractivity contribution in [3.63, 3.8) is 0 Å². The second-order valence-electron chi connectivity index (χ2n) is 19.2. The molecule has 0 aromatic heterocycles. The molecule has 0 saturated carbocycles. The van der Waals surface area contributed by atoms with Crippen LogP contribution < -0.4 is 0 Å². The van der Waals surface area contributed by atoms with Crippen molar-refractivity contribution in [2.24, 2.45) is 0 Å². The minimum Gasteiger partial charge on any atom is -0.462 e. The normalized spacial score (nSPS) is 12.7. The molecule has 0 aliphatic rings. The van der Waals surface area contributed by atoms with Crippen LogP contribution in [0.2, 0.25) is 0 Å². The lowest BCUT2D eigenvalue weighted by Gasteiger charge is -2.18. The predicted molar refractivity (Wildman–Crippen MR) is 297 cm³/mol. The van der Waals surface area contributed by atoms with Crippen molar-refractivity contribution >= 4 is 17.9 Å². The van der Waals surface area contributed by atoms with E-state index in [-0.39, 0.29) is 31.1 Å². The minimum absolute atomic E-state index is 0.0891. The van der Waals surface area contributed by atoms with Crippen LogP contribution in [-0.2, 0) is 28.6 Å². The molecule has 0 aliphatic heterocycles. The number of rotatable bonds is 52. The molecule has 0 heterocycles. The largest absolute Gasteiger partial charge is 0.462 e. The van der Waals surface area contributed by atoms with Crippen LogP contribution in [0, 0.1) is 0 Å². The molecule has 0 fully saturated rings. The molecule has 0 radical (unpaired) electrons. The van der Waals surface area contributed by atoms with E-state index in [0.717, 1.165) is 116 Å². The fourth-order valence-corrected chi connectivity index (χ4v) is 8.03. The van der Waals surface area contributed by atoms with E-state index in [2.05, 4.69) is 106 Å². The molecule has 0 aromatic carbocycles. The molecule has 0 rings (SSSR count). The first-order valence-electron chi connectivity index (χ1n) is 29.1. The number of hydrogen-bond acceptors (Lipinski definition) is 6. The van der Waals surface area contributed by atoms with Crippen LogP contribution in [0.4, 0.5) is 0 Å². The van der Waals surface area contributed by atoms with Crippen molar-refractivity contribution in [1.82, 2.24) is 0 Å².